The first-order valence-electron chi connectivity index (χ1n) is 6.15. The van der Waals surface area contributed by atoms with Crippen LogP contribution in [0.3, 0.4) is 0 Å². The summed E-state index contributed by atoms with van der Waals surface area (Å²) in [5.74, 6) is 1.17. The maximum absolute atomic E-state index is 6.12. The molecule has 0 aromatic heterocycles. The summed E-state index contributed by atoms with van der Waals surface area (Å²) in [6.07, 6.45) is 8.17. The molecule has 2 heteroatoms. The van der Waals surface area contributed by atoms with E-state index in [0.29, 0.717) is 6.04 Å². The van der Waals surface area contributed by atoms with Crippen LogP contribution in [0.4, 0.5) is 0 Å². The molecule has 1 aromatic rings. The van der Waals surface area contributed by atoms with Gasteiger partial charge in [-0.1, -0.05) is 18.2 Å². The Morgan fingerprint density at radius 1 is 1.31 bits per heavy atom. The number of thioether (sulfide) groups is 1. The molecule has 0 aliphatic heterocycles. The van der Waals surface area contributed by atoms with E-state index in [1.165, 1.54) is 30.6 Å². The molecule has 0 bridgehead atoms. The van der Waals surface area contributed by atoms with Crippen molar-refractivity contribution >= 4 is 11.8 Å². The topological polar surface area (TPSA) is 26.0 Å². The molecule has 1 unspecified atom stereocenters. The Kier molecular flexibility index (Phi) is 4.30. The van der Waals surface area contributed by atoms with Crippen LogP contribution in [0.1, 0.15) is 29.5 Å². The fourth-order valence-electron chi connectivity index (χ4n) is 2.43. The number of hydrogen-bond acceptors (Lipinski definition) is 2. The molecule has 1 aromatic carbocycles. The van der Waals surface area contributed by atoms with Gasteiger partial charge < -0.3 is 5.73 Å². The molecule has 0 heterocycles. The molecule has 0 spiro atoms. The van der Waals surface area contributed by atoms with E-state index in [1.54, 1.807) is 11.1 Å². The Morgan fingerprint density at radius 3 is 2.94 bits per heavy atom. The molecule has 0 saturated heterocycles. The molecule has 0 radical (unpaired) electrons. The minimum absolute atomic E-state index is 0.326. The van der Waals surface area contributed by atoms with Gasteiger partial charge in [0.1, 0.15) is 0 Å². The lowest BCUT2D eigenvalue weighted by atomic mass is 10.0. The van der Waals surface area contributed by atoms with Crippen LogP contribution in [0.5, 0.6) is 0 Å². The van der Waals surface area contributed by atoms with Gasteiger partial charge in [0.15, 0.2) is 0 Å². The maximum Gasteiger partial charge on any atom is 0.00871 e. The highest BCUT2D eigenvalue weighted by Gasteiger charge is 2.11. The van der Waals surface area contributed by atoms with Crippen LogP contribution >= 0.6 is 11.8 Å². The zero-order chi connectivity index (χ0) is 11.4. The van der Waals surface area contributed by atoms with Crippen molar-refractivity contribution in [3.05, 3.63) is 34.9 Å². The second-order valence-electron chi connectivity index (χ2n) is 4.70. The average molecular weight is 235 g/mol. The van der Waals surface area contributed by atoms with Gasteiger partial charge in [-0.3, -0.25) is 0 Å². The zero-order valence-electron chi connectivity index (χ0n) is 10.0. The van der Waals surface area contributed by atoms with E-state index in [4.69, 9.17) is 5.73 Å². The van der Waals surface area contributed by atoms with Crippen LogP contribution < -0.4 is 5.73 Å². The molecule has 2 N–H and O–H groups in total. The molecule has 2 rings (SSSR count). The lowest BCUT2D eigenvalue weighted by Crippen LogP contribution is -2.23. The van der Waals surface area contributed by atoms with Crippen molar-refractivity contribution in [2.75, 3.05) is 12.0 Å². The molecule has 88 valence electrons. The van der Waals surface area contributed by atoms with E-state index in [2.05, 4.69) is 24.5 Å². The summed E-state index contributed by atoms with van der Waals surface area (Å²) in [7, 11) is 0. The van der Waals surface area contributed by atoms with Gasteiger partial charge in [-0.05, 0) is 60.8 Å². The molecule has 1 nitrogen and oxygen atoms in total. The summed E-state index contributed by atoms with van der Waals surface area (Å²) in [6.45, 7) is 0. The first-order valence-corrected chi connectivity index (χ1v) is 7.54. The Labute approximate surface area is 103 Å². The van der Waals surface area contributed by atoms with E-state index < -0.39 is 0 Å². The largest absolute Gasteiger partial charge is 0.327 e. The summed E-state index contributed by atoms with van der Waals surface area (Å²) in [6, 6.07) is 7.27. The van der Waals surface area contributed by atoms with Crippen molar-refractivity contribution in [2.24, 2.45) is 5.73 Å². The van der Waals surface area contributed by atoms with Crippen molar-refractivity contribution < 1.29 is 0 Å². The lowest BCUT2D eigenvalue weighted by Gasteiger charge is -2.11. The first-order chi connectivity index (χ1) is 7.79. The number of rotatable bonds is 5. The number of fused-ring (bicyclic) bond motifs is 1. The molecule has 0 amide bonds. The fourth-order valence-corrected chi connectivity index (χ4v) is 2.96. The molecule has 0 saturated carbocycles. The Hall–Kier alpha value is -0.470. The molecule has 16 heavy (non-hydrogen) atoms. The van der Waals surface area contributed by atoms with Gasteiger partial charge >= 0.3 is 0 Å². The first kappa shape index (κ1) is 12.0. The average Bonchev–Trinajstić information content (AvgIpc) is 2.73. The van der Waals surface area contributed by atoms with Crippen molar-refractivity contribution in [1.29, 1.82) is 0 Å². The third-order valence-electron chi connectivity index (χ3n) is 3.35. The molecule has 1 aliphatic rings. The van der Waals surface area contributed by atoms with Gasteiger partial charge in [0.2, 0.25) is 0 Å². The van der Waals surface area contributed by atoms with E-state index >= 15 is 0 Å². The van der Waals surface area contributed by atoms with Gasteiger partial charge in [0.05, 0.1) is 0 Å². The minimum atomic E-state index is 0.326. The van der Waals surface area contributed by atoms with E-state index in [1.807, 2.05) is 11.8 Å². The molecular formula is C14H21NS. The second kappa shape index (κ2) is 5.74. The predicted molar refractivity (Wildman–Crippen MR) is 73.1 cm³/mol. The fraction of sp³-hybridized carbons (Fsp3) is 0.571. The van der Waals surface area contributed by atoms with Crippen molar-refractivity contribution in [3.63, 3.8) is 0 Å². The smallest absolute Gasteiger partial charge is 0.00871 e. The summed E-state index contributed by atoms with van der Waals surface area (Å²) in [5.41, 5.74) is 10.7. The Bertz CT molecular complexity index is 349. The summed E-state index contributed by atoms with van der Waals surface area (Å²) in [5, 5.41) is 0. The summed E-state index contributed by atoms with van der Waals surface area (Å²) >= 11 is 1.88. The highest BCUT2D eigenvalue weighted by molar-refractivity contribution is 7.98. The normalized spacial score (nSPS) is 16.1. The van der Waals surface area contributed by atoms with Gasteiger partial charge in [-0.25, -0.2) is 0 Å². The quantitative estimate of drug-likeness (QED) is 0.849. The standard InChI is InChI=1S/C14H21NS/c1-16-8-7-14(15)10-11-5-6-12-3-2-4-13(12)9-11/h5-6,9,14H,2-4,7-8,10,15H2,1H3. The van der Waals surface area contributed by atoms with Crippen molar-refractivity contribution in [3.8, 4) is 0 Å². The van der Waals surface area contributed by atoms with Crippen LogP contribution in [0.2, 0.25) is 0 Å². The van der Waals surface area contributed by atoms with Crippen LogP contribution in [-0.4, -0.2) is 18.1 Å². The van der Waals surface area contributed by atoms with Crippen molar-refractivity contribution in [2.45, 2.75) is 38.1 Å². The van der Waals surface area contributed by atoms with E-state index in [9.17, 15) is 0 Å². The molecule has 1 aliphatic carbocycles. The number of nitrogens with two attached hydrogens (primary N) is 1. The van der Waals surface area contributed by atoms with E-state index in [-0.39, 0.29) is 0 Å². The highest BCUT2D eigenvalue weighted by Crippen LogP contribution is 2.23. The second-order valence-corrected chi connectivity index (χ2v) is 5.69. The highest BCUT2D eigenvalue weighted by atomic mass is 32.2. The summed E-state index contributed by atoms with van der Waals surface area (Å²) in [4.78, 5) is 0. The predicted octanol–water partition coefficient (Wildman–Crippen LogP) is 2.80. The lowest BCUT2D eigenvalue weighted by molar-refractivity contribution is 0.651. The van der Waals surface area contributed by atoms with Gasteiger partial charge in [0.25, 0.3) is 0 Å². The molecule has 0 fully saturated rings. The Balaban J connectivity index is 1.94. The van der Waals surface area contributed by atoms with Crippen LogP contribution in [0, 0.1) is 0 Å². The Morgan fingerprint density at radius 2 is 2.12 bits per heavy atom. The minimum Gasteiger partial charge on any atom is -0.327 e. The maximum atomic E-state index is 6.12. The zero-order valence-corrected chi connectivity index (χ0v) is 10.9. The van der Waals surface area contributed by atoms with Crippen molar-refractivity contribution in [1.82, 2.24) is 0 Å². The monoisotopic (exact) mass is 235 g/mol. The van der Waals surface area contributed by atoms with Gasteiger partial charge in [-0.2, -0.15) is 11.8 Å². The van der Waals surface area contributed by atoms with Gasteiger partial charge in [0, 0.05) is 6.04 Å². The van der Waals surface area contributed by atoms with Crippen LogP contribution in [-0.2, 0) is 19.3 Å². The number of aryl methyl sites for hydroxylation is 2. The van der Waals surface area contributed by atoms with Crippen LogP contribution in [0.25, 0.3) is 0 Å². The third kappa shape index (κ3) is 3.02. The third-order valence-corrected chi connectivity index (χ3v) is 4.00. The van der Waals surface area contributed by atoms with Gasteiger partial charge in [-0.15, -0.1) is 0 Å². The number of hydrogen-bond donors (Lipinski definition) is 1. The number of benzene rings is 1. The van der Waals surface area contributed by atoms with E-state index in [0.717, 1.165) is 12.8 Å². The summed E-state index contributed by atoms with van der Waals surface area (Å²) < 4.78 is 0. The molecule has 1 atom stereocenters. The molecular weight excluding hydrogens is 214 g/mol. The van der Waals surface area contributed by atoms with Crippen LogP contribution in [0.15, 0.2) is 18.2 Å². The SMILES string of the molecule is CSCCC(N)Cc1ccc2c(c1)CCC2.